The zero-order valence-electron chi connectivity index (χ0n) is 13.6. The first-order chi connectivity index (χ1) is 11.9. The maximum atomic E-state index is 13.7. The summed E-state index contributed by atoms with van der Waals surface area (Å²) in [5.74, 6) is -2.81. The van der Waals surface area contributed by atoms with Crippen molar-refractivity contribution in [2.24, 2.45) is 0 Å². The topological polar surface area (TPSA) is 65.6 Å². The van der Waals surface area contributed by atoms with E-state index in [1.54, 1.807) is 15.4 Å². The second kappa shape index (κ2) is 5.62. The smallest absolute Gasteiger partial charge is 0.267 e. The third kappa shape index (κ3) is 2.72. The van der Waals surface area contributed by atoms with Crippen molar-refractivity contribution in [1.29, 1.82) is 0 Å². The normalized spacial score (nSPS) is 15.0. The molecule has 130 valence electrons. The summed E-state index contributed by atoms with van der Waals surface area (Å²) in [7, 11) is 0. The van der Waals surface area contributed by atoms with Gasteiger partial charge in [0.05, 0.1) is 6.04 Å². The van der Waals surface area contributed by atoms with Crippen molar-refractivity contribution in [3.63, 3.8) is 0 Å². The Morgan fingerprint density at radius 1 is 1.28 bits per heavy atom. The largest absolute Gasteiger partial charge is 0.287 e. The van der Waals surface area contributed by atoms with Crippen LogP contribution in [0.5, 0.6) is 0 Å². The molecule has 0 bridgehead atoms. The van der Waals surface area contributed by atoms with Crippen molar-refractivity contribution in [2.45, 2.75) is 36.9 Å². The fraction of sp³-hybridized carbons (Fsp3) is 0.375. The van der Waals surface area contributed by atoms with E-state index in [1.165, 1.54) is 30.1 Å². The van der Waals surface area contributed by atoms with Crippen LogP contribution in [0.1, 0.15) is 31.5 Å². The van der Waals surface area contributed by atoms with E-state index in [1.807, 2.05) is 6.26 Å². The van der Waals surface area contributed by atoms with Crippen LogP contribution in [-0.4, -0.2) is 30.6 Å². The lowest BCUT2D eigenvalue weighted by molar-refractivity contribution is 0.0127. The molecule has 0 unspecified atom stereocenters. The Kier molecular flexibility index (Phi) is 3.64. The molecule has 6 nitrogen and oxygen atoms in total. The lowest BCUT2D eigenvalue weighted by Gasteiger charge is -2.14. The summed E-state index contributed by atoms with van der Waals surface area (Å²) in [4.78, 5) is 25.4. The Balaban J connectivity index is 2.03. The van der Waals surface area contributed by atoms with E-state index in [2.05, 4.69) is 15.0 Å². The highest BCUT2D eigenvalue weighted by molar-refractivity contribution is 7.98. The van der Waals surface area contributed by atoms with Gasteiger partial charge in [-0.15, -0.1) is 0 Å². The number of aromatic nitrogens is 5. The number of alkyl halides is 2. The molecular weight excluding hydrogens is 348 g/mol. The highest BCUT2D eigenvalue weighted by atomic mass is 32.2. The maximum absolute atomic E-state index is 13.7. The van der Waals surface area contributed by atoms with E-state index in [9.17, 15) is 13.6 Å². The van der Waals surface area contributed by atoms with Crippen molar-refractivity contribution < 1.29 is 8.78 Å². The molecular formula is C16H15F2N5OS. The first-order valence-corrected chi connectivity index (χ1v) is 9.02. The lowest BCUT2D eigenvalue weighted by Crippen LogP contribution is -2.22. The second-order valence-corrected chi connectivity index (χ2v) is 6.83. The number of pyridine rings is 1. The van der Waals surface area contributed by atoms with Gasteiger partial charge in [-0.05, 0) is 31.2 Å². The zero-order chi connectivity index (χ0) is 17.8. The van der Waals surface area contributed by atoms with Crippen molar-refractivity contribution in [3.05, 3.63) is 40.4 Å². The minimum absolute atomic E-state index is 0.0343. The number of hydrogen-bond donors (Lipinski definition) is 0. The number of halogens is 2. The predicted octanol–water partition coefficient (Wildman–Crippen LogP) is 3.15. The van der Waals surface area contributed by atoms with Gasteiger partial charge in [0, 0.05) is 13.1 Å². The first-order valence-electron chi connectivity index (χ1n) is 7.80. The van der Waals surface area contributed by atoms with Crippen molar-refractivity contribution >= 4 is 22.8 Å². The first kappa shape index (κ1) is 16.2. The molecule has 4 rings (SSSR count). The molecule has 0 aromatic carbocycles. The summed E-state index contributed by atoms with van der Waals surface area (Å²) in [5.41, 5.74) is -0.179. The Morgan fingerprint density at radius 3 is 2.68 bits per heavy atom. The van der Waals surface area contributed by atoms with E-state index >= 15 is 0 Å². The van der Waals surface area contributed by atoms with Crippen LogP contribution >= 0.6 is 11.8 Å². The Labute approximate surface area is 145 Å². The number of fused-ring (bicyclic) bond motifs is 1. The predicted molar refractivity (Wildman–Crippen MR) is 90.5 cm³/mol. The summed E-state index contributed by atoms with van der Waals surface area (Å²) >= 11 is 1.35. The highest BCUT2D eigenvalue weighted by Gasteiger charge is 2.32. The van der Waals surface area contributed by atoms with Crippen LogP contribution in [0.3, 0.4) is 0 Å². The van der Waals surface area contributed by atoms with Gasteiger partial charge >= 0.3 is 0 Å². The third-order valence-electron chi connectivity index (χ3n) is 4.08. The molecule has 1 aliphatic carbocycles. The molecule has 3 aromatic heterocycles. The Morgan fingerprint density at radius 2 is 2.04 bits per heavy atom. The van der Waals surface area contributed by atoms with E-state index in [-0.39, 0.29) is 23.1 Å². The summed E-state index contributed by atoms with van der Waals surface area (Å²) in [6.07, 6.45) is 5.05. The average molecular weight is 363 g/mol. The monoisotopic (exact) mass is 363 g/mol. The van der Waals surface area contributed by atoms with Gasteiger partial charge in [-0.2, -0.15) is 8.78 Å². The molecule has 3 aromatic rings. The number of nitrogens with zero attached hydrogens (tertiary/aromatic N) is 5. The average Bonchev–Trinajstić information content (AvgIpc) is 3.38. The lowest BCUT2D eigenvalue weighted by atomic mass is 10.2. The van der Waals surface area contributed by atoms with Gasteiger partial charge in [-0.3, -0.25) is 4.79 Å². The molecule has 0 aliphatic heterocycles. The standard InChI is InChI=1S/C16H15F2N5OS/c1-16(17,18)11-4-3-5-12(20-11)23-13-10(8-19-15(21-13)25-2)14(24)22(23)9-6-7-9/h3-5,8-9H,6-7H2,1-2H3. The summed E-state index contributed by atoms with van der Waals surface area (Å²) in [5, 5.41) is 0.867. The second-order valence-electron chi connectivity index (χ2n) is 6.06. The molecule has 1 fully saturated rings. The fourth-order valence-corrected chi connectivity index (χ4v) is 3.07. The minimum atomic E-state index is -3.07. The van der Waals surface area contributed by atoms with Crippen LogP contribution in [0.15, 0.2) is 34.3 Å². The van der Waals surface area contributed by atoms with Crippen LogP contribution in [0.25, 0.3) is 16.9 Å². The molecule has 0 N–H and O–H groups in total. The maximum Gasteiger partial charge on any atom is 0.287 e. The molecule has 3 heterocycles. The van der Waals surface area contributed by atoms with Crippen molar-refractivity contribution in [3.8, 4) is 5.82 Å². The van der Waals surface area contributed by atoms with E-state index < -0.39 is 5.92 Å². The SMILES string of the molecule is CSc1ncc2c(=O)n(C3CC3)n(-c3cccc(C(C)(F)F)n3)c2n1. The third-order valence-corrected chi connectivity index (χ3v) is 4.64. The van der Waals surface area contributed by atoms with E-state index in [4.69, 9.17) is 0 Å². The summed E-state index contributed by atoms with van der Waals surface area (Å²) in [6, 6.07) is 4.43. The molecule has 0 atom stereocenters. The highest BCUT2D eigenvalue weighted by Crippen LogP contribution is 2.35. The molecule has 0 saturated heterocycles. The Bertz CT molecular complexity index is 1020. The van der Waals surface area contributed by atoms with Crippen LogP contribution in [0.2, 0.25) is 0 Å². The quantitative estimate of drug-likeness (QED) is 0.526. The minimum Gasteiger partial charge on any atom is -0.267 e. The molecule has 1 saturated carbocycles. The molecule has 0 radical (unpaired) electrons. The molecule has 0 spiro atoms. The van der Waals surface area contributed by atoms with Crippen LogP contribution in [0, 0.1) is 0 Å². The summed E-state index contributed by atoms with van der Waals surface area (Å²) in [6.45, 7) is 0.800. The van der Waals surface area contributed by atoms with Gasteiger partial charge in [0.25, 0.3) is 11.5 Å². The van der Waals surface area contributed by atoms with Crippen molar-refractivity contribution in [1.82, 2.24) is 24.3 Å². The summed E-state index contributed by atoms with van der Waals surface area (Å²) < 4.78 is 30.5. The van der Waals surface area contributed by atoms with E-state index in [0.29, 0.717) is 16.2 Å². The van der Waals surface area contributed by atoms with Crippen LogP contribution in [-0.2, 0) is 5.92 Å². The molecule has 25 heavy (non-hydrogen) atoms. The van der Waals surface area contributed by atoms with Gasteiger partial charge in [0.2, 0.25) is 0 Å². The number of rotatable bonds is 4. The van der Waals surface area contributed by atoms with Crippen LogP contribution in [0.4, 0.5) is 8.78 Å². The van der Waals surface area contributed by atoms with Crippen molar-refractivity contribution in [2.75, 3.05) is 6.26 Å². The number of thioether (sulfide) groups is 1. The van der Waals surface area contributed by atoms with E-state index in [0.717, 1.165) is 19.8 Å². The molecule has 9 heteroatoms. The van der Waals surface area contributed by atoms with Gasteiger partial charge in [0.1, 0.15) is 11.1 Å². The van der Waals surface area contributed by atoms with Crippen LogP contribution < -0.4 is 5.56 Å². The molecule has 1 aliphatic rings. The van der Waals surface area contributed by atoms with Gasteiger partial charge < -0.3 is 0 Å². The number of hydrogen-bond acceptors (Lipinski definition) is 5. The fourth-order valence-electron chi connectivity index (χ4n) is 2.74. The molecule has 0 amide bonds. The zero-order valence-corrected chi connectivity index (χ0v) is 14.4. The van der Waals surface area contributed by atoms with Gasteiger partial charge in [0.15, 0.2) is 16.6 Å². The Hall–Kier alpha value is -2.29. The van der Waals surface area contributed by atoms with Gasteiger partial charge in [-0.1, -0.05) is 17.8 Å². The van der Waals surface area contributed by atoms with Gasteiger partial charge in [-0.25, -0.2) is 24.3 Å².